The van der Waals surface area contributed by atoms with Crippen molar-refractivity contribution < 1.29 is 17.9 Å². The van der Waals surface area contributed by atoms with Crippen molar-refractivity contribution in [3.63, 3.8) is 0 Å². The molecule has 2 aromatic rings. The van der Waals surface area contributed by atoms with Crippen LogP contribution in [0.3, 0.4) is 0 Å². The van der Waals surface area contributed by atoms with Gasteiger partial charge >= 0.3 is 0 Å². The molecule has 0 unspecified atom stereocenters. The number of sulfonamides is 1. The molecule has 8 heteroatoms. The third-order valence-electron chi connectivity index (χ3n) is 5.18. The van der Waals surface area contributed by atoms with Crippen LogP contribution in [-0.4, -0.2) is 51.7 Å². The van der Waals surface area contributed by atoms with Crippen molar-refractivity contribution in [2.75, 3.05) is 26.2 Å². The van der Waals surface area contributed by atoms with Crippen LogP contribution in [0.15, 0.2) is 53.0 Å². The van der Waals surface area contributed by atoms with E-state index >= 15 is 0 Å². The van der Waals surface area contributed by atoms with Crippen molar-refractivity contribution >= 4 is 26.0 Å². The maximum Gasteiger partial charge on any atom is 0.216 e. The molecule has 2 atom stereocenters. The first-order valence-corrected chi connectivity index (χ1v) is 12.3. The van der Waals surface area contributed by atoms with Crippen molar-refractivity contribution in [3.05, 3.63) is 58.6 Å². The van der Waals surface area contributed by atoms with Gasteiger partial charge in [0.1, 0.15) is 12.7 Å². The fraction of sp³-hybridized carbons (Fsp3) is 0.429. The highest BCUT2D eigenvalue weighted by molar-refractivity contribution is 9.10. The number of rotatable bonds is 6. The van der Waals surface area contributed by atoms with Gasteiger partial charge in [0.05, 0.1) is 5.75 Å². The minimum absolute atomic E-state index is 0.0265. The Morgan fingerprint density at radius 2 is 1.86 bits per heavy atom. The molecule has 29 heavy (non-hydrogen) atoms. The van der Waals surface area contributed by atoms with Crippen LogP contribution >= 0.6 is 15.9 Å². The molecular formula is C21H25BrN2O4S. The minimum Gasteiger partial charge on any atom is -0.486 e. The molecule has 4 rings (SSSR count). The molecule has 156 valence electrons. The Bertz CT molecular complexity index is 953. The van der Waals surface area contributed by atoms with Crippen LogP contribution < -0.4 is 14.2 Å². The summed E-state index contributed by atoms with van der Waals surface area (Å²) in [5.74, 6) is 1.52. The minimum atomic E-state index is -3.42. The van der Waals surface area contributed by atoms with Crippen LogP contribution in [0.5, 0.6) is 11.5 Å². The summed E-state index contributed by atoms with van der Waals surface area (Å²) in [6.07, 6.45) is 1.74. The van der Waals surface area contributed by atoms with Crippen LogP contribution in [0.25, 0.3) is 0 Å². The molecular weight excluding hydrogens is 456 g/mol. The van der Waals surface area contributed by atoms with Gasteiger partial charge in [-0.2, -0.15) is 0 Å². The van der Waals surface area contributed by atoms with Gasteiger partial charge in [-0.1, -0.05) is 46.3 Å². The highest BCUT2D eigenvalue weighted by Gasteiger charge is 2.28. The number of likely N-dealkylation sites (tertiary alicyclic amines) is 1. The van der Waals surface area contributed by atoms with E-state index in [-0.39, 0.29) is 17.9 Å². The molecule has 0 saturated carbocycles. The summed E-state index contributed by atoms with van der Waals surface area (Å²) in [6, 6.07) is 15.0. The van der Waals surface area contributed by atoms with E-state index in [1.165, 1.54) is 0 Å². The van der Waals surface area contributed by atoms with Gasteiger partial charge in [0.25, 0.3) is 0 Å². The predicted octanol–water partition coefficient (Wildman–Crippen LogP) is 3.17. The van der Waals surface area contributed by atoms with E-state index in [1.807, 2.05) is 48.5 Å². The normalized spacial score (nSPS) is 22.4. The molecule has 1 N–H and O–H groups in total. The van der Waals surface area contributed by atoms with Crippen molar-refractivity contribution in [1.82, 2.24) is 9.62 Å². The Balaban J connectivity index is 1.32. The summed E-state index contributed by atoms with van der Waals surface area (Å²) in [4.78, 5) is 2.26. The standard InChI is InChI=1S/C21H25BrN2O4S/c22-19-8-2-1-6-16(19)15-29(25,26)23-17-7-5-11-24(12-17)13-18-14-27-20-9-3-4-10-21(20)28-18/h1-4,6,8-10,17-18,23H,5,7,11-15H2/t17-,18-/m0/s1. The number of hydrogen-bond donors (Lipinski definition) is 1. The zero-order valence-corrected chi connectivity index (χ0v) is 18.5. The van der Waals surface area contributed by atoms with Gasteiger partial charge in [0.2, 0.25) is 10.0 Å². The first-order valence-electron chi connectivity index (χ1n) is 9.83. The zero-order valence-electron chi connectivity index (χ0n) is 16.1. The van der Waals surface area contributed by atoms with Crippen molar-refractivity contribution in [2.45, 2.75) is 30.7 Å². The Hall–Kier alpha value is -1.61. The Kier molecular flexibility index (Phi) is 6.44. The van der Waals surface area contributed by atoms with Gasteiger partial charge in [-0.05, 0) is 43.1 Å². The number of halogens is 1. The molecule has 2 aliphatic rings. The lowest BCUT2D eigenvalue weighted by molar-refractivity contribution is 0.0500. The van der Waals surface area contributed by atoms with Crippen LogP contribution in [0.2, 0.25) is 0 Å². The summed E-state index contributed by atoms with van der Waals surface area (Å²) in [6.45, 7) is 2.84. The SMILES string of the molecule is O=S(=O)(Cc1ccccc1Br)N[C@H]1CCCN(C[C@H]2COc3ccccc3O2)C1. The molecule has 0 aromatic heterocycles. The molecule has 2 heterocycles. The third kappa shape index (κ3) is 5.51. The van der Waals surface area contributed by atoms with E-state index in [0.29, 0.717) is 13.2 Å². The molecule has 0 aliphatic carbocycles. The quantitative estimate of drug-likeness (QED) is 0.687. The van der Waals surface area contributed by atoms with Crippen LogP contribution in [0.1, 0.15) is 18.4 Å². The first kappa shape index (κ1) is 20.7. The molecule has 1 fully saturated rings. The van der Waals surface area contributed by atoms with Gasteiger partial charge in [-0.25, -0.2) is 13.1 Å². The van der Waals surface area contributed by atoms with E-state index < -0.39 is 10.0 Å². The van der Waals surface area contributed by atoms with Gasteiger partial charge in [0, 0.05) is 23.6 Å². The summed E-state index contributed by atoms with van der Waals surface area (Å²) in [5, 5.41) is 0. The van der Waals surface area contributed by atoms with Gasteiger partial charge in [-0.15, -0.1) is 0 Å². The topological polar surface area (TPSA) is 67.9 Å². The molecule has 0 radical (unpaired) electrons. The van der Waals surface area contributed by atoms with E-state index in [0.717, 1.165) is 47.5 Å². The van der Waals surface area contributed by atoms with Gasteiger partial charge < -0.3 is 9.47 Å². The van der Waals surface area contributed by atoms with Gasteiger partial charge in [-0.3, -0.25) is 4.90 Å². The highest BCUT2D eigenvalue weighted by atomic mass is 79.9. The lowest BCUT2D eigenvalue weighted by atomic mass is 10.1. The largest absolute Gasteiger partial charge is 0.486 e. The van der Waals surface area contributed by atoms with Crippen LogP contribution in [-0.2, 0) is 15.8 Å². The maximum atomic E-state index is 12.7. The fourth-order valence-electron chi connectivity index (χ4n) is 3.87. The molecule has 0 amide bonds. The maximum absolute atomic E-state index is 12.7. The van der Waals surface area contributed by atoms with Crippen LogP contribution in [0.4, 0.5) is 0 Å². The first-order chi connectivity index (χ1) is 14.0. The van der Waals surface area contributed by atoms with E-state index in [1.54, 1.807) is 0 Å². The van der Waals surface area contributed by atoms with Crippen molar-refractivity contribution in [1.29, 1.82) is 0 Å². The number of fused-ring (bicyclic) bond motifs is 1. The summed E-state index contributed by atoms with van der Waals surface area (Å²) in [5.41, 5.74) is 0.763. The third-order valence-corrected chi connectivity index (χ3v) is 7.34. The Morgan fingerprint density at radius 3 is 2.69 bits per heavy atom. The van der Waals surface area contributed by atoms with Crippen LogP contribution in [0, 0.1) is 0 Å². The lowest BCUT2D eigenvalue weighted by Crippen LogP contribution is -2.51. The monoisotopic (exact) mass is 480 g/mol. The predicted molar refractivity (Wildman–Crippen MR) is 116 cm³/mol. The fourth-order valence-corrected chi connectivity index (χ4v) is 5.93. The van der Waals surface area contributed by atoms with E-state index in [2.05, 4.69) is 25.6 Å². The zero-order chi connectivity index (χ0) is 20.3. The second-order valence-electron chi connectivity index (χ2n) is 7.56. The summed E-state index contributed by atoms with van der Waals surface area (Å²) >= 11 is 3.42. The van der Waals surface area contributed by atoms with Crippen molar-refractivity contribution in [3.8, 4) is 11.5 Å². The second kappa shape index (κ2) is 9.04. The Labute approximate surface area is 180 Å². The number of nitrogens with zero attached hydrogens (tertiary/aromatic N) is 1. The second-order valence-corrected chi connectivity index (χ2v) is 10.2. The lowest BCUT2D eigenvalue weighted by Gasteiger charge is -2.36. The van der Waals surface area contributed by atoms with Crippen molar-refractivity contribution in [2.24, 2.45) is 0 Å². The molecule has 0 spiro atoms. The van der Waals surface area contributed by atoms with Gasteiger partial charge in [0.15, 0.2) is 11.5 Å². The molecule has 6 nitrogen and oxygen atoms in total. The Morgan fingerprint density at radius 1 is 1.10 bits per heavy atom. The molecule has 2 aliphatic heterocycles. The molecule has 0 bridgehead atoms. The average molecular weight is 481 g/mol. The number of ether oxygens (including phenoxy) is 2. The number of para-hydroxylation sites is 2. The number of benzene rings is 2. The van der Waals surface area contributed by atoms with E-state index in [9.17, 15) is 8.42 Å². The molecule has 2 aromatic carbocycles. The number of hydrogen-bond acceptors (Lipinski definition) is 5. The van der Waals surface area contributed by atoms with E-state index in [4.69, 9.17) is 9.47 Å². The number of nitrogens with one attached hydrogen (secondary N) is 1. The average Bonchev–Trinajstić information content (AvgIpc) is 2.69. The molecule has 1 saturated heterocycles. The smallest absolute Gasteiger partial charge is 0.216 e. The summed E-state index contributed by atoms with van der Waals surface area (Å²) < 4.78 is 40.9. The highest BCUT2D eigenvalue weighted by Crippen LogP contribution is 2.31. The number of piperidine rings is 1. The summed E-state index contributed by atoms with van der Waals surface area (Å²) in [7, 11) is -3.42.